The molecule has 0 aliphatic carbocycles. The van der Waals surface area contributed by atoms with E-state index in [1.165, 1.54) is 36.4 Å². The molecule has 0 unspecified atom stereocenters. The van der Waals surface area contributed by atoms with E-state index in [4.69, 9.17) is 33.8 Å². The first-order chi connectivity index (χ1) is 13.4. The lowest BCUT2D eigenvalue weighted by Gasteiger charge is -2.16. The van der Waals surface area contributed by atoms with Crippen LogP contribution in [0, 0.1) is 24.7 Å². The number of nitrogens with two attached hydrogens (primary N) is 2. The maximum Gasteiger partial charge on any atom is 0.186 e. The molecule has 0 fully saturated rings. The fraction of sp³-hybridized carbons (Fsp3) is 0. The Morgan fingerprint density at radius 1 is 0.679 bits per heavy atom. The molecule has 6 nitrogen and oxygen atoms in total. The number of ether oxygens (including phenoxy) is 2. The van der Waals surface area contributed by atoms with Crippen LogP contribution < -0.4 is 20.9 Å². The van der Waals surface area contributed by atoms with E-state index in [0.717, 1.165) is 0 Å². The molecule has 0 radical (unpaired) electrons. The molecule has 138 valence electrons. The van der Waals surface area contributed by atoms with E-state index in [0.29, 0.717) is 22.6 Å². The number of nitrogen functional groups attached to an aromatic ring is 2. The van der Waals surface area contributed by atoms with Crippen molar-refractivity contribution in [2.24, 2.45) is 0 Å². The molecule has 6 N–H and O–H groups in total. The second-order valence-electron chi connectivity index (χ2n) is 5.75. The number of phenols is 2. The van der Waals surface area contributed by atoms with Crippen molar-refractivity contribution < 1.29 is 19.7 Å². The summed E-state index contributed by atoms with van der Waals surface area (Å²) in [6.45, 7) is 0. The van der Waals surface area contributed by atoms with Gasteiger partial charge >= 0.3 is 0 Å². The van der Waals surface area contributed by atoms with Gasteiger partial charge in [0.1, 0.15) is 23.0 Å². The Morgan fingerprint density at radius 3 is 1.39 bits per heavy atom. The quantitative estimate of drug-likeness (QED) is 0.315. The Hall–Kier alpha value is -4.42. The van der Waals surface area contributed by atoms with Crippen molar-refractivity contribution in [2.75, 3.05) is 11.5 Å². The highest BCUT2D eigenvalue weighted by Gasteiger charge is 2.18. The molecule has 3 aromatic rings. The predicted octanol–water partition coefficient (Wildman–Crippen LogP) is 3.81. The summed E-state index contributed by atoms with van der Waals surface area (Å²) in [7, 11) is 0. The summed E-state index contributed by atoms with van der Waals surface area (Å²) >= 11 is 0. The zero-order valence-corrected chi connectivity index (χ0v) is 14.6. The van der Waals surface area contributed by atoms with Crippen LogP contribution in [0.1, 0.15) is 11.1 Å². The van der Waals surface area contributed by atoms with Crippen molar-refractivity contribution in [3.8, 4) is 59.2 Å². The Kier molecular flexibility index (Phi) is 4.89. The Morgan fingerprint density at radius 2 is 1.07 bits per heavy atom. The molecule has 0 saturated carbocycles. The van der Waals surface area contributed by atoms with E-state index >= 15 is 0 Å². The van der Waals surface area contributed by atoms with Crippen molar-refractivity contribution >= 4 is 11.4 Å². The van der Waals surface area contributed by atoms with Gasteiger partial charge in [-0.1, -0.05) is 11.8 Å². The summed E-state index contributed by atoms with van der Waals surface area (Å²) in [5.41, 5.74) is 12.5. The van der Waals surface area contributed by atoms with Gasteiger partial charge in [-0.15, -0.1) is 12.8 Å². The molecule has 3 aromatic carbocycles. The van der Waals surface area contributed by atoms with E-state index in [9.17, 15) is 10.2 Å². The number of hydrogen-bond acceptors (Lipinski definition) is 6. The second kappa shape index (κ2) is 7.45. The second-order valence-corrected chi connectivity index (χ2v) is 5.75. The molecule has 3 rings (SSSR count). The van der Waals surface area contributed by atoms with E-state index in [-0.39, 0.29) is 34.4 Å². The van der Waals surface area contributed by atoms with Crippen LogP contribution in [-0.4, -0.2) is 10.2 Å². The molecule has 0 atom stereocenters. The van der Waals surface area contributed by atoms with Crippen LogP contribution in [0.4, 0.5) is 11.4 Å². The van der Waals surface area contributed by atoms with Gasteiger partial charge in [0, 0.05) is 12.1 Å². The number of benzene rings is 3. The highest BCUT2D eigenvalue weighted by atomic mass is 16.5. The third-order valence-corrected chi connectivity index (χ3v) is 3.86. The first-order valence-corrected chi connectivity index (χ1v) is 8.06. The fourth-order valence-corrected chi connectivity index (χ4v) is 2.42. The zero-order valence-electron chi connectivity index (χ0n) is 14.6. The highest BCUT2D eigenvalue weighted by molar-refractivity contribution is 5.65. The summed E-state index contributed by atoms with van der Waals surface area (Å²) < 4.78 is 11.8. The fourth-order valence-electron chi connectivity index (χ4n) is 2.42. The number of phenolic OH excluding ortho intramolecular Hbond substituents is 2. The van der Waals surface area contributed by atoms with Gasteiger partial charge in [-0.3, -0.25) is 0 Å². The maximum atomic E-state index is 9.59. The molecule has 0 aliphatic heterocycles. The predicted molar refractivity (Wildman–Crippen MR) is 107 cm³/mol. The molecule has 0 amide bonds. The van der Waals surface area contributed by atoms with E-state index in [1.807, 2.05) is 0 Å². The number of rotatable bonds is 4. The van der Waals surface area contributed by atoms with Crippen LogP contribution in [0.25, 0.3) is 0 Å². The van der Waals surface area contributed by atoms with Gasteiger partial charge in [0.15, 0.2) is 11.5 Å². The zero-order chi connectivity index (χ0) is 20.3. The minimum absolute atomic E-state index is 0.0714. The third-order valence-electron chi connectivity index (χ3n) is 3.86. The molecule has 0 spiro atoms. The number of anilines is 2. The van der Waals surface area contributed by atoms with E-state index in [1.54, 1.807) is 12.1 Å². The van der Waals surface area contributed by atoms with Crippen LogP contribution in [0.3, 0.4) is 0 Å². The minimum atomic E-state index is -0.0714. The van der Waals surface area contributed by atoms with Gasteiger partial charge in [0.25, 0.3) is 0 Å². The Balaban J connectivity index is 2.11. The third kappa shape index (κ3) is 3.57. The van der Waals surface area contributed by atoms with Gasteiger partial charge < -0.3 is 31.2 Å². The molecule has 6 heteroatoms. The topological polar surface area (TPSA) is 111 Å². The SMILES string of the molecule is C#Cc1ccc(C#C)c(Oc2ccc(O)c(N)c2)c1Oc1ccc(O)c(N)c1. The van der Waals surface area contributed by atoms with Gasteiger partial charge in [-0.05, 0) is 36.4 Å². The van der Waals surface area contributed by atoms with Crippen molar-refractivity contribution in [2.45, 2.75) is 0 Å². The molecular weight excluding hydrogens is 356 g/mol. The van der Waals surface area contributed by atoms with Crippen molar-refractivity contribution in [3.63, 3.8) is 0 Å². The van der Waals surface area contributed by atoms with Crippen molar-refractivity contribution in [3.05, 3.63) is 59.7 Å². The number of aromatic hydroxyl groups is 2. The summed E-state index contributed by atoms with van der Waals surface area (Å²) in [4.78, 5) is 0. The highest BCUT2D eigenvalue weighted by Crippen LogP contribution is 2.42. The molecule has 0 heterocycles. The molecule has 0 aliphatic rings. The number of terminal acetylenes is 2. The van der Waals surface area contributed by atoms with Crippen LogP contribution in [0.5, 0.6) is 34.5 Å². The van der Waals surface area contributed by atoms with Crippen LogP contribution >= 0.6 is 0 Å². The number of hydrogen-bond donors (Lipinski definition) is 4. The average Bonchev–Trinajstić information content (AvgIpc) is 2.68. The average molecular weight is 372 g/mol. The van der Waals surface area contributed by atoms with Crippen molar-refractivity contribution in [1.82, 2.24) is 0 Å². The van der Waals surface area contributed by atoms with Gasteiger partial charge in [0.05, 0.1) is 22.5 Å². The first kappa shape index (κ1) is 18.4. The van der Waals surface area contributed by atoms with Crippen molar-refractivity contribution in [1.29, 1.82) is 0 Å². The van der Waals surface area contributed by atoms with Gasteiger partial charge in [-0.2, -0.15) is 0 Å². The molecule has 28 heavy (non-hydrogen) atoms. The van der Waals surface area contributed by atoms with Crippen LogP contribution in [-0.2, 0) is 0 Å². The molecule has 0 bridgehead atoms. The van der Waals surface area contributed by atoms with Crippen LogP contribution in [0.2, 0.25) is 0 Å². The molecule has 0 aromatic heterocycles. The lowest BCUT2D eigenvalue weighted by Crippen LogP contribution is -1.98. The summed E-state index contributed by atoms with van der Waals surface area (Å²) in [5, 5.41) is 19.2. The van der Waals surface area contributed by atoms with Gasteiger partial charge in [-0.25, -0.2) is 0 Å². The summed E-state index contributed by atoms with van der Waals surface area (Å²) in [5.74, 6) is 5.97. The molecule has 0 saturated heterocycles. The standard InChI is InChI=1S/C22H16N2O4/c1-3-13-5-6-14(4-2)22(28-16-8-10-20(26)18(24)12-16)21(13)27-15-7-9-19(25)17(23)11-15/h1-2,5-12,25-26H,23-24H2. The Bertz CT molecular complexity index is 1050. The maximum absolute atomic E-state index is 9.59. The largest absolute Gasteiger partial charge is 0.506 e. The van der Waals surface area contributed by atoms with E-state index < -0.39 is 0 Å². The minimum Gasteiger partial charge on any atom is -0.506 e. The molecular formula is C22H16N2O4. The summed E-state index contributed by atoms with van der Waals surface area (Å²) in [6.07, 6.45) is 11.2. The van der Waals surface area contributed by atoms with Crippen LogP contribution in [0.15, 0.2) is 48.5 Å². The van der Waals surface area contributed by atoms with E-state index in [2.05, 4.69) is 11.8 Å². The first-order valence-electron chi connectivity index (χ1n) is 8.06. The Labute approximate surface area is 161 Å². The monoisotopic (exact) mass is 372 g/mol. The smallest absolute Gasteiger partial charge is 0.186 e. The van der Waals surface area contributed by atoms with Gasteiger partial charge in [0.2, 0.25) is 0 Å². The normalized spacial score (nSPS) is 9.93. The lowest BCUT2D eigenvalue weighted by atomic mass is 10.1. The summed E-state index contributed by atoms with van der Waals surface area (Å²) in [6, 6.07) is 12.0. The lowest BCUT2D eigenvalue weighted by molar-refractivity contribution is 0.415.